The van der Waals surface area contributed by atoms with Crippen molar-refractivity contribution in [3.05, 3.63) is 24.2 Å². The van der Waals surface area contributed by atoms with Crippen LogP contribution >= 0.6 is 24.0 Å². The number of amides is 1. The van der Waals surface area contributed by atoms with Gasteiger partial charge in [0.15, 0.2) is 11.7 Å². The molecule has 1 aromatic heterocycles. The standard InChI is InChI=1S/C14H24N4O2.HI/c1-4-15-14(18-10-11(2)3)17-8-7-16-13(19)12-6-5-9-20-12;/h5-6,9,11H,4,7-8,10H2,1-3H3,(H,16,19)(H2,15,17,18);1H. The van der Waals surface area contributed by atoms with Crippen LogP contribution in [0.2, 0.25) is 0 Å². The fraction of sp³-hybridized carbons (Fsp3) is 0.571. The quantitative estimate of drug-likeness (QED) is 0.279. The molecule has 7 heteroatoms. The Labute approximate surface area is 143 Å². The highest BCUT2D eigenvalue weighted by Crippen LogP contribution is 1.98. The summed E-state index contributed by atoms with van der Waals surface area (Å²) in [6.45, 7) is 8.96. The zero-order valence-electron chi connectivity index (χ0n) is 12.8. The molecular formula is C14H25IN4O2. The highest BCUT2D eigenvalue weighted by Gasteiger charge is 2.06. The predicted octanol–water partition coefficient (Wildman–Crippen LogP) is 1.84. The van der Waals surface area contributed by atoms with Gasteiger partial charge >= 0.3 is 0 Å². The third-order valence-corrected chi connectivity index (χ3v) is 2.41. The maximum Gasteiger partial charge on any atom is 0.287 e. The van der Waals surface area contributed by atoms with Crippen molar-refractivity contribution in [2.75, 3.05) is 26.2 Å². The molecule has 21 heavy (non-hydrogen) atoms. The van der Waals surface area contributed by atoms with Gasteiger partial charge in [0.1, 0.15) is 0 Å². The highest BCUT2D eigenvalue weighted by molar-refractivity contribution is 14.0. The molecule has 0 fully saturated rings. The molecule has 1 heterocycles. The van der Waals surface area contributed by atoms with Crippen molar-refractivity contribution >= 4 is 35.8 Å². The van der Waals surface area contributed by atoms with Crippen LogP contribution < -0.4 is 16.0 Å². The Hall–Kier alpha value is -1.25. The number of rotatable bonds is 7. The molecular weight excluding hydrogens is 383 g/mol. The Morgan fingerprint density at radius 3 is 2.57 bits per heavy atom. The number of carbonyl (C=O) groups excluding carboxylic acids is 1. The van der Waals surface area contributed by atoms with Crippen LogP contribution in [0.5, 0.6) is 0 Å². The van der Waals surface area contributed by atoms with Crippen LogP contribution in [-0.4, -0.2) is 38.0 Å². The summed E-state index contributed by atoms with van der Waals surface area (Å²) in [5, 5.41) is 9.10. The van der Waals surface area contributed by atoms with Crippen LogP contribution in [-0.2, 0) is 0 Å². The van der Waals surface area contributed by atoms with E-state index >= 15 is 0 Å². The van der Waals surface area contributed by atoms with E-state index in [1.54, 1.807) is 12.1 Å². The van der Waals surface area contributed by atoms with Crippen LogP contribution in [0.25, 0.3) is 0 Å². The number of nitrogens with one attached hydrogen (secondary N) is 3. The lowest BCUT2D eigenvalue weighted by atomic mass is 10.2. The second-order valence-corrected chi connectivity index (χ2v) is 4.77. The van der Waals surface area contributed by atoms with Gasteiger partial charge in [0.2, 0.25) is 0 Å². The molecule has 0 unspecified atom stereocenters. The van der Waals surface area contributed by atoms with E-state index in [0.717, 1.165) is 19.0 Å². The number of nitrogens with zero attached hydrogens (tertiary/aromatic N) is 1. The lowest BCUT2D eigenvalue weighted by Gasteiger charge is -2.12. The molecule has 0 aliphatic rings. The Kier molecular flexibility index (Phi) is 10.7. The van der Waals surface area contributed by atoms with E-state index in [2.05, 4.69) is 34.8 Å². The first-order valence-corrected chi connectivity index (χ1v) is 6.97. The highest BCUT2D eigenvalue weighted by atomic mass is 127. The van der Waals surface area contributed by atoms with Crippen molar-refractivity contribution in [3.63, 3.8) is 0 Å². The first kappa shape index (κ1) is 19.8. The van der Waals surface area contributed by atoms with Crippen molar-refractivity contribution in [2.24, 2.45) is 10.9 Å². The van der Waals surface area contributed by atoms with E-state index in [9.17, 15) is 4.79 Å². The normalized spacial score (nSPS) is 11.0. The lowest BCUT2D eigenvalue weighted by molar-refractivity contribution is 0.0926. The van der Waals surface area contributed by atoms with E-state index in [0.29, 0.717) is 24.8 Å². The van der Waals surface area contributed by atoms with Gasteiger partial charge in [-0.1, -0.05) is 13.8 Å². The molecule has 0 aliphatic carbocycles. The predicted molar refractivity (Wildman–Crippen MR) is 95.3 cm³/mol. The maximum absolute atomic E-state index is 11.6. The second-order valence-electron chi connectivity index (χ2n) is 4.77. The summed E-state index contributed by atoms with van der Waals surface area (Å²) in [6, 6.07) is 3.33. The molecule has 1 rings (SSSR count). The molecule has 120 valence electrons. The molecule has 1 aromatic rings. The molecule has 0 saturated heterocycles. The molecule has 6 nitrogen and oxygen atoms in total. The Balaban J connectivity index is 0.00000400. The third-order valence-electron chi connectivity index (χ3n) is 2.41. The SMILES string of the molecule is CCNC(=NCC(C)C)NCCNC(=O)c1ccco1.I. The number of guanidine groups is 1. The Bertz CT molecular complexity index is 419. The Morgan fingerprint density at radius 2 is 2.00 bits per heavy atom. The van der Waals surface area contributed by atoms with E-state index in [-0.39, 0.29) is 29.9 Å². The molecule has 0 aromatic carbocycles. The van der Waals surface area contributed by atoms with Gasteiger partial charge in [0.05, 0.1) is 6.26 Å². The van der Waals surface area contributed by atoms with Crippen molar-refractivity contribution < 1.29 is 9.21 Å². The van der Waals surface area contributed by atoms with Gasteiger partial charge in [0, 0.05) is 26.2 Å². The van der Waals surface area contributed by atoms with Gasteiger partial charge in [-0.25, -0.2) is 0 Å². The average Bonchev–Trinajstić information content (AvgIpc) is 2.94. The van der Waals surface area contributed by atoms with Crippen molar-refractivity contribution in [1.82, 2.24) is 16.0 Å². The van der Waals surface area contributed by atoms with E-state index in [1.807, 2.05) is 6.92 Å². The van der Waals surface area contributed by atoms with Gasteiger partial charge in [-0.15, -0.1) is 24.0 Å². The molecule has 0 atom stereocenters. The van der Waals surface area contributed by atoms with Crippen LogP contribution in [0.1, 0.15) is 31.3 Å². The second kappa shape index (κ2) is 11.4. The van der Waals surface area contributed by atoms with Gasteiger partial charge in [-0.2, -0.15) is 0 Å². The number of halogens is 1. The summed E-state index contributed by atoms with van der Waals surface area (Å²) >= 11 is 0. The van der Waals surface area contributed by atoms with Crippen molar-refractivity contribution in [2.45, 2.75) is 20.8 Å². The fourth-order valence-corrected chi connectivity index (χ4v) is 1.47. The summed E-state index contributed by atoms with van der Waals surface area (Å²) < 4.78 is 5.01. The van der Waals surface area contributed by atoms with Gasteiger partial charge in [-0.05, 0) is 25.0 Å². The van der Waals surface area contributed by atoms with E-state index < -0.39 is 0 Å². The summed E-state index contributed by atoms with van der Waals surface area (Å²) in [7, 11) is 0. The lowest BCUT2D eigenvalue weighted by Crippen LogP contribution is -2.41. The number of hydrogen-bond acceptors (Lipinski definition) is 3. The van der Waals surface area contributed by atoms with Gasteiger partial charge in [0.25, 0.3) is 5.91 Å². The average molecular weight is 408 g/mol. The summed E-state index contributed by atoms with van der Waals surface area (Å²) in [6.07, 6.45) is 1.48. The molecule has 0 bridgehead atoms. The summed E-state index contributed by atoms with van der Waals surface area (Å²) in [4.78, 5) is 16.1. The molecule has 0 saturated carbocycles. The molecule has 1 amide bonds. The van der Waals surface area contributed by atoms with Crippen molar-refractivity contribution in [1.29, 1.82) is 0 Å². The first-order chi connectivity index (χ1) is 9.63. The minimum absolute atomic E-state index is 0. The zero-order valence-corrected chi connectivity index (χ0v) is 15.1. The van der Waals surface area contributed by atoms with E-state index in [1.165, 1.54) is 6.26 Å². The number of hydrogen-bond donors (Lipinski definition) is 3. The zero-order chi connectivity index (χ0) is 14.8. The van der Waals surface area contributed by atoms with Crippen LogP contribution in [0.3, 0.4) is 0 Å². The van der Waals surface area contributed by atoms with Crippen molar-refractivity contribution in [3.8, 4) is 0 Å². The third kappa shape index (κ3) is 8.59. The number of furan rings is 1. The summed E-state index contributed by atoms with van der Waals surface area (Å²) in [5.74, 6) is 1.41. The van der Waals surface area contributed by atoms with Crippen LogP contribution in [0.4, 0.5) is 0 Å². The minimum atomic E-state index is -0.207. The van der Waals surface area contributed by atoms with Gasteiger partial charge < -0.3 is 20.4 Å². The fourth-order valence-electron chi connectivity index (χ4n) is 1.47. The first-order valence-electron chi connectivity index (χ1n) is 6.97. The topological polar surface area (TPSA) is 78.7 Å². The number of carbonyl (C=O) groups is 1. The molecule has 3 N–H and O–H groups in total. The minimum Gasteiger partial charge on any atom is -0.459 e. The molecule has 0 spiro atoms. The summed E-state index contributed by atoms with van der Waals surface area (Å²) in [5.41, 5.74) is 0. The van der Waals surface area contributed by atoms with Gasteiger partial charge in [-0.3, -0.25) is 9.79 Å². The number of aliphatic imine (C=N–C) groups is 1. The monoisotopic (exact) mass is 408 g/mol. The van der Waals surface area contributed by atoms with E-state index in [4.69, 9.17) is 4.42 Å². The molecule has 0 radical (unpaired) electrons. The Morgan fingerprint density at radius 1 is 1.29 bits per heavy atom. The van der Waals surface area contributed by atoms with Crippen LogP contribution in [0, 0.1) is 5.92 Å². The molecule has 0 aliphatic heterocycles. The maximum atomic E-state index is 11.6. The van der Waals surface area contributed by atoms with Crippen LogP contribution in [0.15, 0.2) is 27.8 Å². The smallest absolute Gasteiger partial charge is 0.287 e. The largest absolute Gasteiger partial charge is 0.459 e.